The van der Waals surface area contributed by atoms with Crippen LogP contribution < -0.4 is 5.32 Å². The molecule has 0 aromatic rings. The van der Waals surface area contributed by atoms with Gasteiger partial charge in [0.15, 0.2) is 0 Å². The summed E-state index contributed by atoms with van der Waals surface area (Å²) in [5.74, 6) is -0.726. The molecule has 2 aliphatic rings. The molecule has 0 saturated carbocycles. The van der Waals surface area contributed by atoms with Crippen LogP contribution >= 0.6 is 0 Å². The van der Waals surface area contributed by atoms with E-state index < -0.39 is 23.1 Å². The van der Waals surface area contributed by atoms with Crippen LogP contribution in [0.3, 0.4) is 0 Å². The molecule has 106 valence electrons. The molecule has 7 nitrogen and oxygen atoms in total. The second kappa shape index (κ2) is 4.19. The van der Waals surface area contributed by atoms with E-state index >= 15 is 0 Å². The number of nitrogens with one attached hydrogen (secondary N) is 1. The summed E-state index contributed by atoms with van der Waals surface area (Å²) in [5.41, 5.74) is -1.78. The zero-order valence-electron chi connectivity index (χ0n) is 11.4. The second-order valence-electron chi connectivity index (χ2n) is 5.77. The lowest BCUT2D eigenvalue weighted by molar-refractivity contribution is -0.157. The van der Waals surface area contributed by atoms with Gasteiger partial charge in [-0.1, -0.05) is 6.92 Å². The van der Waals surface area contributed by atoms with Gasteiger partial charge >= 0.3 is 6.03 Å². The number of imide groups is 1. The molecule has 2 fully saturated rings. The van der Waals surface area contributed by atoms with E-state index in [1.54, 1.807) is 13.8 Å². The van der Waals surface area contributed by atoms with Crippen LogP contribution in [0, 0.1) is 0 Å². The quantitative estimate of drug-likeness (QED) is 0.663. The number of carbonyl (C=O) groups is 3. The molecule has 7 heteroatoms. The maximum absolute atomic E-state index is 11.9. The molecule has 0 radical (unpaired) electrons. The van der Waals surface area contributed by atoms with Gasteiger partial charge in [0.05, 0.1) is 18.7 Å². The Morgan fingerprint density at radius 1 is 1.37 bits per heavy atom. The van der Waals surface area contributed by atoms with E-state index in [1.165, 1.54) is 4.90 Å². The van der Waals surface area contributed by atoms with Gasteiger partial charge in [0.25, 0.3) is 5.91 Å². The third kappa shape index (κ3) is 2.30. The summed E-state index contributed by atoms with van der Waals surface area (Å²) in [5, 5.41) is 12.4. The number of hydrogen-bond acceptors (Lipinski definition) is 4. The molecule has 0 aromatic heterocycles. The number of amides is 4. The lowest BCUT2D eigenvalue weighted by Crippen LogP contribution is -2.64. The highest BCUT2D eigenvalue weighted by atomic mass is 16.3. The monoisotopic (exact) mass is 269 g/mol. The number of urea groups is 1. The molecular weight excluding hydrogens is 250 g/mol. The molecule has 0 aliphatic carbocycles. The van der Waals surface area contributed by atoms with Gasteiger partial charge in [-0.15, -0.1) is 0 Å². The molecule has 0 atom stereocenters. The minimum Gasteiger partial charge on any atom is -0.386 e. The van der Waals surface area contributed by atoms with Crippen LogP contribution in [-0.4, -0.2) is 63.5 Å². The Balaban J connectivity index is 1.94. The highest BCUT2D eigenvalue weighted by Gasteiger charge is 2.47. The molecule has 2 heterocycles. The van der Waals surface area contributed by atoms with E-state index in [0.29, 0.717) is 6.42 Å². The summed E-state index contributed by atoms with van der Waals surface area (Å²) in [6, 6.07) is -0.547. The third-order valence-corrected chi connectivity index (χ3v) is 3.72. The van der Waals surface area contributed by atoms with Crippen molar-refractivity contribution in [3.05, 3.63) is 0 Å². The van der Waals surface area contributed by atoms with Gasteiger partial charge in [-0.05, 0) is 20.3 Å². The summed E-state index contributed by atoms with van der Waals surface area (Å²) in [4.78, 5) is 37.8. The number of hydrogen-bond donors (Lipinski definition) is 2. The van der Waals surface area contributed by atoms with Crippen LogP contribution in [0.25, 0.3) is 0 Å². The van der Waals surface area contributed by atoms with E-state index in [1.807, 2.05) is 6.92 Å². The fourth-order valence-corrected chi connectivity index (χ4v) is 2.26. The second-order valence-corrected chi connectivity index (χ2v) is 5.77. The maximum Gasteiger partial charge on any atom is 0.325 e. The Morgan fingerprint density at radius 3 is 2.37 bits per heavy atom. The highest BCUT2D eigenvalue weighted by molar-refractivity contribution is 6.08. The van der Waals surface area contributed by atoms with Gasteiger partial charge in [-0.25, -0.2) is 4.79 Å². The first kappa shape index (κ1) is 13.8. The van der Waals surface area contributed by atoms with Gasteiger partial charge in [-0.3, -0.25) is 14.5 Å². The Hall–Kier alpha value is -1.63. The minimum absolute atomic E-state index is 0.259. The number of likely N-dealkylation sites (tertiary alicyclic amines) is 1. The SMILES string of the molecule is CCC1(O)CN(C(=O)CN2C(=O)NC(C)(C)C2=O)C1. The molecule has 4 amide bonds. The van der Waals surface area contributed by atoms with Crippen molar-refractivity contribution in [3.63, 3.8) is 0 Å². The normalized spacial score (nSPS) is 24.2. The molecule has 19 heavy (non-hydrogen) atoms. The molecule has 2 N–H and O–H groups in total. The molecule has 0 bridgehead atoms. The van der Waals surface area contributed by atoms with Crippen LogP contribution in [-0.2, 0) is 9.59 Å². The van der Waals surface area contributed by atoms with E-state index in [4.69, 9.17) is 0 Å². The smallest absolute Gasteiger partial charge is 0.325 e. The Labute approximate surface area is 111 Å². The number of aliphatic hydroxyl groups is 1. The average Bonchev–Trinajstić information content (AvgIpc) is 2.47. The fraction of sp³-hybridized carbons (Fsp3) is 0.750. The number of β-amino-alcohol motifs (C(OH)–C–C–N with tert-alkyl or cyclic N) is 1. The molecular formula is C12H19N3O4. The van der Waals surface area contributed by atoms with Crippen LogP contribution in [0.15, 0.2) is 0 Å². The predicted molar refractivity (Wildman–Crippen MR) is 66.1 cm³/mol. The summed E-state index contributed by atoms with van der Waals surface area (Å²) < 4.78 is 0. The lowest BCUT2D eigenvalue weighted by Gasteiger charge is -2.46. The van der Waals surface area contributed by atoms with Crippen molar-refractivity contribution >= 4 is 17.8 Å². The molecule has 2 rings (SSSR count). The molecule has 0 aromatic carbocycles. The zero-order chi connectivity index (χ0) is 14.4. The Kier molecular flexibility index (Phi) is 3.04. The molecule has 2 aliphatic heterocycles. The molecule has 0 spiro atoms. The minimum atomic E-state index is -0.962. The van der Waals surface area contributed by atoms with E-state index in [-0.39, 0.29) is 25.5 Å². The third-order valence-electron chi connectivity index (χ3n) is 3.72. The Bertz CT molecular complexity index is 440. The molecule has 2 saturated heterocycles. The standard InChI is InChI=1S/C12H19N3O4/c1-4-12(19)6-14(7-12)8(16)5-15-9(17)11(2,3)13-10(15)18/h19H,4-7H2,1-3H3,(H,13,18). The highest BCUT2D eigenvalue weighted by Crippen LogP contribution is 2.24. The van der Waals surface area contributed by atoms with Crippen molar-refractivity contribution in [1.82, 2.24) is 15.1 Å². The summed E-state index contributed by atoms with van der Waals surface area (Å²) in [6.07, 6.45) is 0.576. The van der Waals surface area contributed by atoms with Crippen molar-refractivity contribution in [2.45, 2.75) is 38.3 Å². The zero-order valence-corrected chi connectivity index (χ0v) is 11.4. The van der Waals surface area contributed by atoms with E-state index in [0.717, 1.165) is 4.90 Å². The van der Waals surface area contributed by atoms with Gasteiger partial charge < -0.3 is 15.3 Å². The first-order valence-corrected chi connectivity index (χ1v) is 6.33. The largest absolute Gasteiger partial charge is 0.386 e. The lowest BCUT2D eigenvalue weighted by atomic mass is 9.91. The van der Waals surface area contributed by atoms with Crippen molar-refractivity contribution in [2.24, 2.45) is 0 Å². The van der Waals surface area contributed by atoms with Crippen molar-refractivity contribution in [1.29, 1.82) is 0 Å². The van der Waals surface area contributed by atoms with E-state index in [2.05, 4.69) is 5.32 Å². The fourth-order valence-electron chi connectivity index (χ4n) is 2.26. The summed E-state index contributed by atoms with van der Waals surface area (Å²) in [7, 11) is 0. The van der Waals surface area contributed by atoms with Crippen molar-refractivity contribution < 1.29 is 19.5 Å². The van der Waals surface area contributed by atoms with Gasteiger partial charge in [0.2, 0.25) is 5.91 Å². The number of rotatable bonds is 3. The summed E-state index contributed by atoms with van der Waals surface area (Å²) >= 11 is 0. The van der Waals surface area contributed by atoms with Crippen LogP contribution in [0.5, 0.6) is 0 Å². The number of carbonyl (C=O) groups excluding carboxylic acids is 3. The average molecular weight is 269 g/mol. The van der Waals surface area contributed by atoms with Crippen LogP contribution in [0.2, 0.25) is 0 Å². The predicted octanol–water partition coefficient (Wildman–Crippen LogP) is -0.700. The van der Waals surface area contributed by atoms with Crippen molar-refractivity contribution in [3.8, 4) is 0 Å². The van der Waals surface area contributed by atoms with Crippen molar-refractivity contribution in [2.75, 3.05) is 19.6 Å². The molecule has 0 unspecified atom stereocenters. The van der Waals surface area contributed by atoms with E-state index in [9.17, 15) is 19.5 Å². The van der Waals surface area contributed by atoms with Gasteiger partial charge in [0, 0.05) is 0 Å². The number of nitrogens with zero attached hydrogens (tertiary/aromatic N) is 2. The first-order valence-electron chi connectivity index (χ1n) is 6.33. The maximum atomic E-state index is 11.9. The first-order chi connectivity index (χ1) is 8.68. The van der Waals surface area contributed by atoms with Crippen LogP contribution in [0.1, 0.15) is 27.2 Å². The topological polar surface area (TPSA) is 89.9 Å². The summed E-state index contributed by atoms with van der Waals surface area (Å²) in [6.45, 7) is 5.29. The van der Waals surface area contributed by atoms with Crippen LogP contribution in [0.4, 0.5) is 4.79 Å². The van der Waals surface area contributed by atoms with Gasteiger partial charge in [-0.2, -0.15) is 0 Å². The Morgan fingerprint density at radius 2 is 1.95 bits per heavy atom. The van der Waals surface area contributed by atoms with Gasteiger partial charge in [0.1, 0.15) is 12.1 Å².